The predicted molar refractivity (Wildman–Crippen MR) is 138 cm³/mol. The van der Waals surface area contributed by atoms with Crippen molar-refractivity contribution in [3.8, 4) is 0 Å². The Bertz CT molecular complexity index is 1140. The molecule has 4 atom stereocenters. The summed E-state index contributed by atoms with van der Waals surface area (Å²) in [6.45, 7) is 5.71. The third-order valence-electron chi connectivity index (χ3n) is 7.18. The quantitative estimate of drug-likeness (QED) is 0.463. The number of hydrogen-bond acceptors (Lipinski definition) is 5. The van der Waals surface area contributed by atoms with Crippen LogP contribution in [0.4, 0.5) is 0 Å². The van der Waals surface area contributed by atoms with Crippen LogP contribution in [0.2, 0.25) is 0 Å². The van der Waals surface area contributed by atoms with E-state index in [1.165, 1.54) is 28.8 Å². The lowest BCUT2D eigenvalue weighted by atomic mass is 9.86. The van der Waals surface area contributed by atoms with Crippen LogP contribution in [-0.2, 0) is 11.3 Å². The predicted octanol–water partition coefficient (Wildman–Crippen LogP) is 5.40. The molecule has 6 nitrogen and oxygen atoms in total. The van der Waals surface area contributed by atoms with Crippen LogP contribution in [0.5, 0.6) is 0 Å². The van der Waals surface area contributed by atoms with Gasteiger partial charge in [0.1, 0.15) is 6.10 Å². The highest BCUT2D eigenvalue weighted by Gasteiger charge is 2.35. The lowest BCUT2D eigenvalue weighted by Gasteiger charge is -2.44. The number of hydrogen-bond donors (Lipinski definition) is 2. The van der Waals surface area contributed by atoms with Gasteiger partial charge in [0, 0.05) is 12.2 Å². The molecule has 182 valence electrons. The number of imidazole rings is 1. The molecule has 0 radical (unpaired) electrons. The number of pyridine rings is 1. The number of piperidine rings is 1. The third kappa shape index (κ3) is 5.55. The van der Waals surface area contributed by atoms with Crippen LogP contribution in [0.25, 0.3) is 0 Å². The maximum absolute atomic E-state index is 6.46. The summed E-state index contributed by atoms with van der Waals surface area (Å²) in [6, 6.07) is 15.4. The van der Waals surface area contributed by atoms with Crippen LogP contribution in [-0.4, -0.2) is 38.5 Å². The highest BCUT2D eigenvalue weighted by molar-refractivity contribution is 5.27. The van der Waals surface area contributed by atoms with Gasteiger partial charge in [0.15, 0.2) is 0 Å². The SMILES string of the molecule is CC1=CC=CN(CC(OCc2ccccc2)c2cnc[nH]2)C1C1CCCC(c2ncccc2C)N1. The van der Waals surface area contributed by atoms with Crippen LogP contribution in [0.15, 0.2) is 85.1 Å². The minimum Gasteiger partial charge on any atom is -0.366 e. The van der Waals surface area contributed by atoms with E-state index in [1.54, 1.807) is 6.33 Å². The summed E-state index contributed by atoms with van der Waals surface area (Å²) < 4.78 is 6.46. The second kappa shape index (κ2) is 11.0. The van der Waals surface area contributed by atoms with Gasteiger partial charge in [0.05, 0.1) is 49.1 Å². The van der Waals surface area contributed by atoms with E-state index in [-0.39, 0.29) is 18.2 Å². The van der Waals surface area contributed by atoms with Crippen LogP contribution in [0.1, 0.15) is 60.8 Å². The van der Waals surface area contributed by atoms with Gasteiger partial charge in [-0.05, 0) is 68.2 Å². The Morgan fingerprint density at radius 3 is 2.80 bits per heavy atom. The van der Waals surface area contributed by atoms with Crippen LogP contribution in [0.3, 0.4) is 0 Å². The normalized spacial score (nSPS) is 23.2. The van der Waals surface area contributed by atoms with Crippen molar-refractivity contribution in [1.29, 1.82) is 0 Å². The topological polar surface area (TPSA) is 66.1 Å². The zero-order valence-electron chi connectivity index (χ0n) is 20.6. The van der Waals surface area contributed by atoms with E-state index >= 15 is 0 Å². The molecule has 0 amide bonds. The number of aryl methyl sites for hydroxylation is 1. The molecule has 2 aliphatic rings. The number of benzene rings is 1. The van der Waals surface area contributed by atoms with Gasteiger partial charge in [-0.25, -0.2) is 4.98 Å². The molecule has 4 heterocycles. The van der Waals surface area contributed by atoms with Crippen molar-refractivity contribution in [3.63, 3.8) is 0 Å². The fourth-order valence-corrected chi connectivity index (χ4v) is 5.42. The molecule has 4 unspecified atom stereocenters. The van der Waals surface area contributed by atoms with Gasteiger partial charge in [-0.3, -0.25) is 4.98 Å². The average Bonchev–Trinajstić information content (AvgIpc) is 3.43. The minimum absolute atomic E-state index is 0.117. The summed E-state index contributed by atoms with van der Waals surface area (Å²) in [5.41, 5.74) is 5.97. The zero-order valence-corrected chi connectivity index (χ0v) is 20.6. The van der Waals surface area contributed by atoms with Crippen LogP contribution < -0.4 is 5.32 Å². The zero-order chi connectivity index (χ0) is 24.0. The average molecular weight is 470 g/mol. The summed E-state index contributed by atoms with van der Waals surface area (Å²) >= 11 is 0. The van der Waals surface area contributed by atoms with Crippen molar-refractivity contribution in [3.05, 3.63) is 108 Å². The number of rotatable bonds is 8. The molecule has 0 spiro atoms. The maximum atomic E-state index is 6.46. The van der Waals surface area contributed by atoms with Gasteiger partial charge in [-0.2, -0.15) is 0 Å². The second-order valence-electron chi connectivity index (χ2n) is 9.65. The molecule has 2 N–H and O–H groups in total. The van der Waals surface area contributed by atoms with E-state index in [1.807, 2.05) is 24.5 Å². The first kappa shape index (κ1) is 23.5. The van der Waals surface area contributed by atoms with Gasteiger partial charge in [0.2, 0.25) is 0 Å². The molecule has 0 saturated carbocycles. The lowest BCUT2D eigenvalue weighted by Crippen LogP contribution is -2.53. The lowest BCUT2D eigenvalue weighted by molar-refractivity contribution is 0.0112. The minimum atomic E-state index is -0.117. The van der Waals surface area contributed by atoms with Gasteiger partial charge in [-0.1, -0.05) is 42.5 Å². The number of aromatic amines is 1. The fourth-order valence-electron chi connectivity index (χ4n) is 5.42. The van der Waals surface area contributed by atoms with E-state index in [9.17, 15) is 0 Å². The molecule has 35 heavy (non-hydrogen) atoms. The first-order chi connectivity index (χ1) is 17.2. The Labute approximate surface area is 208 Å². The monoisotopic (exact) mass is 469 g/mol. The van der Waals surface area contributed by atoms with Gasteiger partial charge < -0.3 is 19.9 Å². The Morgan fingerprint density at radius 2 is 2.00 bits per heavy atom. The smallest absolute Gasteiger partial charge is 0.117 e. The number of aromatic nitrogens is 3. The Kier molecular flexibility index (Phi) is 7.40. The molecule has 1 fully saturated rings. The van der Waals surface area contributed by atoms with E-state index in [0.717, 1.165) is 25.1 Å². The van der Waals surface area contributed by atoms with Gasteiger partial charge in [-0.15, -0.1) is 0 Å². The first-order valence-electron chi connectivity index (χ1n) is 12.6. The molecule has 5 rings (SSSR count). The van der Waals surface area contributed by atoms with E-state index < -0.39 is 0 Å². The molecule has 6 heteroatoms. The largest absolute Gasteiger partial charge is 0.366 e. The summed E-state index contributed by atoms with van der Waals surface area (Å²) in [6.07, 6.45) is 15.5. The summed E-state index contributed by atoms with van der Waals surface area (Å²) in [5, 5.41) is 3.97. The number of H-pyrrole nitrogens is 1. The fraction of sp³-hybridized carbons (Fsp3) is 0.379. The molecular weight excluding hydrogens is 434 g/mol. The van der Waals surface area contributed by atoms with Crippen molar-refractivity contribution < 1.29 is 4.74 Å². The molecule has 2 aromatic heterocycles. The molecular formula is C29H35N5O. The molecule has 0 aliphatic carbocycles. The highest BCUT2D eigenvalue weighted by Crippen LogP contribution is 2.33. The molecule has 3 aromatic rings. The molecule has 0 bridgehead atoms. The first-order valence-corrected chi connectivity index (χ1v) is 12.6. The Morgan fingerprint density at radius 1 is 1.11 bits per heavy atom. The maximum Gasteiger partial charge on any atom is 0.117 e. The van der Waals surface area contributed by atoms with E-state index in [4.69, 9.17) is 9.72 Å². The van der Waals surface area contributed by atoms with Gasteiger partial charge >= 0.3 is 0 Å². The molecule has 1 aromatic carbocycles. The highest BCUT2D eigenvalue weighted by atomic mass is 16.5. The standard InChI is InChI=1S/C29H35N5O/c1-21-9-7-15-31-28(21)24-13-6-14-25(33-24)29-22(2)10-8-16-34(29)18-27(26-17-30-20-32-26)35-19-23-11-4-3-5-12-23/h3-5,7-12,15-17,20,24-25,27,29,33H,6,13-14,18-19H2,1-2H3,(H,30,32). The number of allylic oxidation sites excluding steroid dienone is 2. The Balaban J connectivity index is 1.34. The number of nitrogens with one attached hydrogen (secondary N) is 2. The summed E-state index contributed by atoms with van der Waals surface area (Å²) in [5.74, 6) is 0. The number of nitrogens with zero attached hydrogens (tertiary/aromatic N) is 3. The van der Waals surface area contributed by atoms with Crippen LogP contribution in [0, 0.1) is 6.92 Å². The number of ether oxygens (including phenoxy) is 1. The summed E-state index contributed by atoms with van der Waals surface area (Å²) in [4.78, 5) is 14.7. The van der Waals surface area contributed by atoms with Crippen molar-refractivity contribution in [2.75, 3.05) is 6.54 Å². The Hall–Kier alpha value is -3.22. The van der Waals surface area contributed by atoms with Crippen molar-refractivity contribution in [1.82, 2.24) is 25.2 Å². The van der Waals surface area contributed by atoms with E-state index in [0.29, 0.717) is 12.6 Å². The summed E-state index contributed by atoms with van der Waals surface area (Å²) in [7, 11) is 0. The van der Waals surface area contributed by atoms with E-state index in [2.05, 4.69) is 82.7 Å². The molecule has 1 saturated heterocycles. The van der Waals surface area contributed by atoms with Crippen molar-refractivity contribution >= 4 is 0 Å². The van der Waals surface area contributed by atoms with Crippen molar-refractivity contribution in [2.24, 2.45) is 0 Å². The molecule has 2 aliphatic heterocycles. The van der Waals surface area contributed by atoms with Crippen LogP contribution >= 0.6 is 0 Å². The van der Waals surface area contributed by atoms with Gasteiger partial charge in [0.25, 0.3) is 0 Å². The second-order valence-corrected chi connectivity index (χ2v) is 9.65. The van der Waals surface area contributed by atoms with Crippen molar-refractivity contribution in [2.45, 2.75) is 63.9 Å². The third-order valence-corrected chi connectivity index (χ3v) is 7.18.